The number of carbonyl (C=O) groups is 2. The van der Waals surface area contributed by atoms with Crippen molar-refractivity contribution in [1.82, 2.24) is 10.6 Å². The van der Waals surface area contributed by atoms with Gasteiger partial charge < -0.3 is 15.4 Å². The number of amides is 2. The number of hydrogen-bond donors (Lipinski definition) is 2. The maximum absolute atomic E-state index is 11.7. The van der Waals surface area contributed by atoms with E-state index in [1.54, 1.807) is 25.3 Å². The standard InChI is InChI=1S/C13H17ClN2O3/c1-9(17)15-5-6-16-13(18)8-10-7-11(14)3-4-12(10)19-2/h3-4,7H,5-6,8H2,1-2H3,(H,15,17)(H,16,18). The molecule has 0 aromatic heterocycles. The van der Waals surface area contributed by atoms with Crippen LogP contribution in [0.1, 0.15) is 12.5 Å². The van der Waals surface area contributed by atoms with E-state index in [0.29, 0.717) is 23.9 Å². The van der Waals surface area contributed by atoms with Gasteiger partial charge in [0.05, 0.1) is 13.5 Å². The van der Waals surface area contributed by atoms with Crippen molar-refractivity contribution in [2.45, 2.75) is 13.3 Å². The molecule has 19 heavy (non-hydrogen) atoms. The highest BCUT2D eigenvalue weighted by Gasteiger charge is 2.09. The summed E-state index contributed by atoms with van der Waals surface area (Å²) in [5, 5.41) is 5.86. The van der Waals surface area contributed by atoms with E-state index in [4.69, 9.17) is 16.3 Å². The Morgan fingerprint density at radius 1 is 1.26 bits per heavy atom. The monoisotopic (exact) mass is 284 g/mol. The highest BCUT2D eigenvalue weighted by atomic mass is 35.5. The minimum absolute atomic E-state index is 0.120. The third-order valence-corrected chi connectivity index (χ3v) is 2.65. The lowest BCUT2D eigenvalue weighted by molar-refractivity contribution is -0.121. The summed E-state index contributed by atoms with van der Waals surface area (Å²) in [5.74, 6) is 0.359. The number of benzene rings is 1. The molecule has 2 amide bonds. The second-order valence-electron chi connectivity index (χ2n) is 3.97. The Morgan fingerprint density at radius 3 is 2.58 bits per heavy atom. The lowest BCUT2D eigenvalue weighted by Crippen LogP contribution is -2.34. The summed E-state index contributed by atoms with van der Waals surface area (Å²) < 4.78 is 5.16. The van der Waals surface area contributed by atoms with E-state index in [9.17, 15) is 9.59 Å². The van der Waals surface area contributed by atoms with Gasteiger partial charge in [0.15, 0.2) is 0 Å². The molecule has 0 fully saturated rings. The molecule has 0 radical (unpaired) electrons. The first-order valence-electron chi connectivity index (χ1n) is 5.86. The molecule has 0 heterocycles. The molecular weight excluding hydrogens is 268 g/mol. The normalized spacial score (nSPS) is 9.84. The molecule has 0 bridgehead atoms. The largest absolute Gasteiger partial charge is 0.496 e. The maximum atomic E-state index is 11.7. The molecule has 0 saturated carbocycles. The van der Waals surface area contributed by atoms with Gasteiger partial charge in [-0.05, 0) is 18.2 Å². The van der Waals surface area contributed by atoms with Crippen LogP contribution in [0.2, 0.25) is 5.02 Å². The Hall–Kier alpha value is -1.75. The van der Waals surface area contributed by atoms with Crippen LogP contribution in [0, 0.1) is 0 Å². The third-order valence-electron chi connectivity index (χ3n) is 2.41. The zero-order valence-electron chi connectivity index (χ0n) is 11.0. The second-order valence-corrected chi connectivity index (χ2v) is 4.40. The van der Waals surface area contributed by atoms with Crippen molar-refractivity contribution in [3.63, 3.8) is 0 Å². The number of carbonyl (C=O) groups excluding carboxylic acids is 2. The second kappa shape index (κ2) is 7.63. The first-order valence-corrected chi connectivity index (χ1v) is 6.24. The molecule has 0 saturated heterocycles. The number of halogens is 1. The number of ether oxygens (including phenoxy) is 1. The third kappa shape index (κ3) is 5.61. The number of hydrogen-bond acceptors (Lipinski definition) is 3. The van der Waals surface area contributed by atoms with Gasteiger partial charge in [-0.25, -0.2) is 0 Å². The molecule has 2 N–H and O–H groups in total. The summed E-state index contributed by atoms with van der Waals surface area (Å²) in [6.07, 6.45) is 0.184. The van der Waals surface area contributed by atoms with E-state index < -0.39 is 0 Å². The Balaban J connectivity index is 2.47. The Bertz CT molecular complexity index is 463. The van der Waals surface area contributed by atoms with Crippen molar-refractivity contribution in [1.29, 1.82) is 0 Å². The van der Waals surface area contributed by atoms with Gasteiger partial charge in [0.25, 0.3) is 0 Å². The molecule has 0 aliphatic carbocycles. The molecule has 0 spiro atoms. The minimum atomic E-state index is -0.147. The van der Waals surface area contributed by atoms with Gasteiger partial charge in [-0.2, -0.15) is 0 Å². The zero-order chi connectivity index (χ0) is 14.3. The van der Waals surface area contributed by atoms with E-state index in [0.717, 1.165) is 5.56 Å². The number of methoxy groups -OCH3 is 1. The summed E-state index contributed by atoms with van der Waals surface area (Å²) >= 11 is 5.88. The minimum Gasteiger partial charge on any atom is -0.496 e. The molecule has 0 atom stereocenters. The SMILES string of the molecule is COc1ccc(Cl)cc1CC(=O)NCCNC(C)=O. The number of nitrogens with one attached hydrogen (secondary N) is 2. The van der Waals surface area contributed by atoms with Gasteiger partial charge in [0.1, 0.15) is 5.75 Å². The molecule has 1 aromatic rings. The Morgan fingerprint density at radius 2 is 1.95 bits per heavy atom. The fourth-order valence-electron chi connectivity index (χ4n) is 1.56. The van der Waals surface area contributed by atoms with Crippen LogP contribution in [0.25, 0.3) is 0 Å². The molecule has 0 unspecified atom stereocenters. The van der Waals surface area contributed by atoms with Gasteiger partial charge in [-0.15, -0.1) is 0 Å². The smallest absolute Gasteiger partial charge is 0.224 e. The molecule has 0 aliphatic heterocycles. The summed E-state index contributed by atoms with van der Waals surface area (Å²) in [7, 11) is 1.54. The van der Waals surface area contributed by atoms with Crippen molar-refractivity contribution < 1.29 is 14.3 Å². The van der Waals surface area contributed by atoms with Crippen LogP contribution in [-0.4, -0.2) is 32.0 Å². The maximum Gasteiger partial charge on any atom is 0.224 e. The summed E-state index contributed by atoms with van der Waals surface area (Å²) in [6.45, 7) is 2.23. The molecule has 1 rings (SSSR count). The van der Waals surface area contributed by atoms with Crippen LogP contribution >= 0.6 is 11.6 Å². The van der Waals surface area contributed by atoms with Crippen molar-refractivity contribution in [2.24, 2.45) is 0 Å². The van der Waals surface area contributed by atoms with Crippen LogP contribution in [0.15, 0.2) is 18.2 Å². The highest BCUT2D eigenvalue weighted by Crippen LogP contribution is 2.22. The Labute approximate surface area is 117 Å². The topological polar surface area (TPSA) is 67.4 Å². The predicted octanol–water partition coefficient (Wildman–Crippen LogP) is 1.14. The fraction of sp³-hybridized carbons (Fsp3) is 0.385. The predicted molar refractivity (Wildman–Crippen MR) is 73.4 cm³/mol. The van der Waals surface area contributed by atoms with E-state index >= 15 is 0 Å². The molecule has 6 heteroatoms. The number of rotatable bonds is 6. The van der Waals surface area contributed by atoms with E-state index in [1.807, 2.05) is 0 Å². The fourth-order valence-corrected chi connectivity index (χ4v) is 1.76. The van der Waals surface area contributed by atoms with Gasteiger partial charge >= 0.3 is 0 Å². The molecule has 0 aliphatic rings. The van der Waals surface area contributed by atoms with Crippen LogP contribution < -0.4 is 15.4 Å². The Kier molecular flexibility index (Phi) is 6.15. The molecular formula is C13H17ClN2O3. The van der Waals surface area contributed by atoms with Crippen LogP contribution in [0.3, 0.4) is 0 Å². The lowest BCUT2D eigenvalue weighted by atomic mass is 10.1. The van der Waals surface area contributed by atoms with Crippen molar-refractivity contribution in [3.05, 3.63) is 28.8 Å². The quantitative estimate of drug-likeness (QED) is 0.770. The first-order chi connectivity index (χ1) is 9.02. The molecule has 104 valence electrons. The van der Waals surface area contributed by atoms with Crippen molar-refractivity contribution in [3.8, 4) is 5.75 Å². The lowest BCUT2D eigenvalue weighted by Gasteiger charge is -2.09. The average molecular weight is 285 g/mol. The first kappa shape index (κ1) is 15.3. The van der Waals surface area contributed by atoms with Gasteiger partial charge in [-0.1, -0.05) is 11.6 Å². The zero-order valence-corrected chi connectivity index (χ0v) is 11.7. The van der Waals surface area contributed by atoms with Crippen molar-refractivity contribution >= 4 is 23.4 Å². The van der Waals surface area contributed by atoms with Gasteiger partial charge in [0, 0.05) is 30.6 Å². The van der Waals surface area contributed by atoms with Gasteiger partial charge in [0.2, 0.25) is 11.8 Å². The average Bonchev–Trinajstić information content (AvgIpc) is 2.35. The summed E-state index contributed by atoms with van der Waals surface area (Å²) in [6, 6.07) is 5.13. The van der Waals surface area contributed by atoms with E-state index in [2.05, 4.69) is 10.6 Å². The van der Waals surface area contributed by atoms with E-state index in [-0.39, 0.29) is 18.2 Å². The van der Waals surface area contributed by atoms with E-state index in [1.165, 1.54) is 6.92 Å². The molecule has 1 aromatic carbocycles. The van der Waals surface area contributed by atoms with Crippen LogP contribution in [0.4, 0.5) is 0 Å². The van der Waals surface area contributed by atoms with Crippen LogP contribution in [-0.2, 0) is 16.0 Å². The van der Waals surface area contributed by atoms with Crippen LogP contribution in [0.5, 0.6) is 5.75 Å². The summed E-state index contributed by atoms with van der Waals surface area (Å²) in [5.41, 5.74) is 0.729. The molecule has 5 nitrogen and oxygen atoms in total. The summed E-state index contributed by atoms with van der Waals surface area (Å²) in [4.78, 5) is 22.4. The van der Waals surface area contributed by atoms with Gasteiger partial charge in [-0.3, -0.25) is 9.59 Å². The highest BCUT2D eigenvalue weighted by molar-refractivity contribution is 6.30. The van der Waals surface area contributed by atoms with Crippen molar-refractivity contribution in [2.75, 3.05) is 20.2 Å².